The molecule has 0 aliphatic carbocycles. The first-order chi connectivity index (χ1) is 27.3. The smallest absolute Gasteiger partial charge is 0.303 e. The van der Waals surface area contributed by atoms with Gasteiger partial charge in [0, 0.05) is 41.9 Å². The molecule has 4 heterocycles. The summed E-state index contributed by atoms with van der Waals surface area (Å²) in [5, 5.41) is 11.3. The van der Waals surface area contributed by atoms with Crippen molar-refractivity contribution < 1.29 is 90.6 Å². The van der Waals surface area contributed by atoms with Crippen LogP contribution in [0.25, 0.3) is 0 Å². The monoisotopic (exact) mass is 828 g/mol. The molecule has 1 N–H and O–H groups in total. The Morgan fingerprint density at radius 2 is 1.03 bits per heavy atom. The minimum atomic E-state index is -1.64. The molecule has 5 rings (SSSR count). The van der Waals surface area contributed by atoms with E-state index in [4.69, 9.17) is 66.3 Å². The molecule has 19 nitrogen and oxygen atoms in total. The molecule has 4 aliphatic rings. The third kappa shape index (κ3) is 9.98. The van der Waals surface area contributed by atoms with Crippen molar-refractivity contribution in [2.24, 2.45) is 0 Å². The van der Waals surface area contributed by atoms with Crippen LogP contribution >= 0.6 is 0 Å². The Balaban J connectivity index is 1.55. The van der Waals surface area contributed by atoms with Gasteiger partial charge in [-0.05, 0) is 40.2 Å². The number of carbonyl (C=O) groups excluding carboxylic acids is 4. The Labute approximate surface area is 336 Å². The molecule has 17 atom stereocenters. The molecule has 0 aromatic heterocycles. The van der Waals surface area contributed by atoms with E-state index < -0.39 is 128 Å². The van der Waals surface area contributed by atoms with Gasteiger partial charge in [0.05, 0.1) is 24.9 Å². The number of hydrogen-bond acceptors (Lipinski definition) is 19. The fraction of sp³-hybridized carbons (Fsp3) is 0.744. The molecule has 0 bridgehead atoms. The van der Waals surface area contributed by atoms with E-state index in [0.717, 1.165) is 33.3 Å². The van der Waals surface area contributed by atoms with Crippen molar-refractivity contribution in [1.29, 1.82) is 0 Å². The van der Waals surface area contributed by atoms with E-state index in [-0.39, 0.29) is 6.61 Å². The summed E-state index contributed by atoms with van der Waals surface area (Å²) in [5.74, 6) is -6.00. The Hall–Kier alpha value is -3.34. The summed E-state index contributed by atoms with van der Waals surface area (Å²) in [7, 11) is 2.89. The largest absolute Gasteiger partial charge is 0.457 e. The van der Waals surface area contributed by atoms with Crippen LogP contribution in [0.1, 0.15) is 67.9 Å². The van der Waals surface area contributed by atoms with E-state index >= 15 is 0 Å². The first-order valence-corrected chi connectivity index (χ1v) is 19.1. The molecular weight excluding hydrogens is 772 g/mol. The predicted octanol–water partition coefficient (Wildman–Crippen LogP) is 1.80. The average molecular weight is 829 g/mol. The summed E-state index contributed by atoms with van der Waals surface area (Å²) < 4.78 is 85.3. The second-order valence-electron chi connectivity index (χ2n) is 14.9. The number of ether oxygens (including phenoxy) is 14. The number of esters is 4. The van der Waals surface area contributed by atoms with Crippen LogP contribution in [0.15, 0.2) is 30.3 Å². The lowest BCUT2D eigenvalue weighted by Crippen LogP contribution is -2.73. The van der Waals surface area contributed by atoms with Crippen molar-refractivity contribution in [1.82, 2.24) is 0 Å². The molecule has 0 amide bonds. The molecule has 0 unspecified atom stereocenters. The van der Waals surface area contributed by atoms with E-state index in [2.05, 4.69) is 0 Å². The normalized spacial score (nSPS) is 41.4. The Bertz CT molecular complexity index is 1580. The summed E-state index contributed by atoms with van der Waals surface area (Å²) >= 11 is 0. The Kier molecular flexibility index (Phi) is 14.9. The number of methoxy groups -OCH3 is 2. The molecule has 0 radical (unpaired) electrons. The van der Waals surface area contributed by atoms with Crippen LogP contribution in [0.5, 0.6) is 0 Å². The van der Waals surface area contributed by atoms with Gasteiger partial charge < -0.3 is 71.4 Å². The molecule has 1 aromatic carbocycles. The molecule has 326 valence electrons. The first-order valence-electron chi connectivity index (χ1n) is 19.1. The fourth-order valence-electron chi connectivity index (χ4n) is 7.50. The van der Waals surface area contributed by atoms with Crippen LogP contribution in [0.4, 0.5) is 0 Å². The molecule has 0 saturated carbocycles. The first kappa shape index (κ1) is 45.7. The van der Waals surface area contributed by atoms with Gasteiger partial charge in [-0.2, -0.15) is 0 Å². The number of fused-ring (bicyclic) bond motifs is 1. The van der Waals surface area contributed by atoms with Crippen LogP contribution in [0, 0.1) is 0 Å². The summed E-state index contributed by atoms with van der Waals surface area (Å²) in [4.78, 5) is 49.6. The van der Waals surface area contributed by atoms with Crippen molar-refractivity contribution in [3.8, 4) is 0 Å². The Morgan fingerprint density at radius 1 is 0.586 bits per heavy atom. The summed E-state index contributed by atoms with van der Waals surface area (Å²) in [5.41, 5.74) is 0.828. The quantitative estimate of drug-likeness (QED) is 0.221. The lowest BCUT2D eigenvalue weighted by Gasteiger charge is -2.57. The maximum atomic E-state index is 12.9. The highest BCUT2D eigenvalue weighted by Gasteiger charge is 2.64. The predicted molar refractivity (Wildman–Crippen MR) is 193 cm³/mol. The van der Waals surface area contributed by atoms with Crippen LogP contribution in [-0.2, 0) is 92.1 Å². The average Bonchev–Trinajstić information content (AvgIpc) is 3.15. The maximum Gasteiger partial charge on any atom is 0.303 e. The summed E-state index contributed by atoms with van der Waals surface area (Å²) in [6, 6.07) is 9.34. The highest BCUT2D eigenvalue weighted by atomic mass is 16.8. The standard InChI is InChI=1S/C39H56O19/c1-18-27(51-21(4)40)26(44)30(53-23(6)42)36(49-18)55-31-28(52-22(5)41)19(2)50-37(33(31)54-24(7)43)56-34-32-29(57-38(8,45-10)39(9,46-11)58-32)20(3)48-35(34)47-17-25-15-13-12-14-16-25/h12-16,18-20,26-37,44H,17H2,1-11H3/t18-,19-,20-,26+,27-,28-,29-,30+,31+,32+,33+,34+,35+,36-,37-,38+,39+/m0/s1. The number of aliphatic hydroxyl groups is 1. The molecule has 4 fully saturated rings. The Morgan fingerprint density at radius 3 is 1.59 bits per heavy atom. The number of carbonyl (C=O) groups is 4. The van der Waals surface area contributed by atoms with Crippen molar-refractivity contribution in [3.05, 3.63) is 35.9 Å². The van der Waals surface area contributed by atoms with Gasteiger partial charge >= 0.3 is 23.9 Å². The highest BCUT2D eigenvalue weighted by molar-refractivity contribution is 5.67. The molecule has 19 heteroatoms. The van der Waals surface area contributed by atoms with E-state index in [9.17, 15) is 24.3 Å². The van der Waals surface area contributed by atoms with Gasteiger partial charge in [-0.3, -0.25) is 19.2 Å². The van der Waals surface area contributed by atoms with Crippen molar-refractivity contribution >= 4 is 23.9 Å². The number of aliphatic hydroxyl groups excluding tert-OH is 1. The van der Waals surface area contributed by atoms with Crippen molar-refractivity contribution in [2.75, 3.05) is 14.2 Å². The minimum absolute atomic E-state index is 0.0919. The topological polar surface area (TPSA) is 218 Å². The van der Waals surface area contributed by atoms with Gasteiger partial charge in [0.25, 0.3) is 0 Å². The summed E-state index contributed by atoms with van der Waals surface area (Å²) in [6.45, 7) is 12.8. The molecule has 58 heavy (non-hydrogen) atoms. The fourth-order valence-corrected chi connectivity index (χ4v) is 7.50. The van der Waals surface area contributed by atoms with Crippen LogP contribution in [0.3, 0.4) is 0 Å². The zero-order chi connectivity index (χ0) is 42.7. The zero-order valence-electron chi connectivity index (χ0n) is 34.5. The van der Waals surface area contributed by atoms with Crippen molar-refractivity contribution in [2.45, 2.75) is 173 Å². The van der Waals surface area contributed by atoms with E-state index in [1.54, 1.807) is 27.7 Å². The second kappa shape index (κ2) is 18.9. The van der Waals surface area contributed by atoms with E-state index in [1.807, 2.05) is 30.3 Å². The van der Waals surface area contributed by atoms with Gasteiger partial charge in [-0.1, -0.05) is 30.3 Å². The summed E-state index contributed by atoms with van der Waals surface area (Å²) in [6.07, 6.45) is -18.8. The van der Waals surface area contributed by atoms with Crippen molar-refractivity contribution in [3.63, 3.8) is 0 Å². The van der Waals surface area contributed by atoms with Gasteiger partial charge in [0.1, 0.15) is 30.5 Å². The van der Waals surface area contributed by atoms with Gasteiger partial charge in [-0.25, -0.2) is 0 Å². The van der Waals surface area contributed by atoms with E-state index in [1.165, 1.54) is 21.1 Å². The number of rotatable bonds is 13. The SMILES string of the molecule is CO[C@]1(C)O[C@@H]2[C@@H](O[C@@]1(C)OC)[C@H](C)O[C@@H](OCc1ccccc1)[C@@H]2O[C@@H]1O[C@@H](C)[C@H](OC(C)=O)[C@@H](O[C@@H]2O[C@@H](C)[C@H](OC(C)=O)[C@@H](O)[C@H]2OC(C)=O)[C@H]1OC(C)=O. The lowest BCUT2D eigenvalue weighted by atomic mass is 9.93. The second-order valence-corrected chi connectivity index (χ2v) is 14.9. The molecule has 1 aromatic rings. The van der Waals surface area contributed by atoms with E-state index in [0.29, 0.717) is 0 Å². The van der Waals surface area contributed by atoms with Gasteiger partial charge in [0.15, 0.2) is 43.3 Å². The third-order valence-corrected chi connectivity index (χ3v) is 10.6. The van der Waals surface area contributed by atoms with Gasteiger partial charge in [-0.15, -0.1) is 0 Å². The van der Waals surface area contributed by atoms with Crippen LogP contribution in [-0.4, -0.2) is 147 Å². The highest BCUT2D eigenvalue weighted by Crippen LogP contribution is 2.45. The molecular formula is C39H56O19. The number of benzene rings is 1. The van der Waals surface area contributed by atoms with Crippen LogP contribution in [0.2, 0.25) is 0 Å². The lowest BCUT2D eigenvalue weighted by molar-refractivity contribution is -0.485. The van der Waals surface area contributed by atoms with Crippen LogP contribution < -0.4 is 0 Å². The molecule has 0 spiro atoms. The van der Waals surface area contributed by atoms with Gasteiger partial charge in [0.2, 0.25) is 11.6 Å². The molecule has 4 saturated heterocycles. The molecule has 4 aliphatic heterocycles. The zero-order valence-corrected chi connectivity index (χ0v) is 34.5. The third-order valence-electron chi connectivity index (χ3n) is 10.6. The maximum absolute atomic E-state index is 12.9. The number of hydrogen-bond donors (Lipinski definition) is 1. The minimum Gasteiger partial charge on any atom is -0.457 e.